The molecule has 66 valence electrons. The Morgan fingerprint density at radius 3 is 3.42 bits per heavy atom. The van der Waals surface area contributed by atoms with Gasteiger partial charge >= 0.3 is 0 Å². The van der Waals surface area contributed by atoms with Crippen molar-refractivity contribution >= 4 is 0 Å². The minimum absolute atomic E-state index is 0.145. The fourth-order valence-electron chi connectivity index (χ4n) is 1.66. The van der Waals surface area contributed by atoms with E-state index in [9.17, 15) is 0 Å². The van der Waals surface area contributed by atoms with Gasteiger partial charge in [0.05, 0.1) is 0 Å². The molecular weight excluding hydrogens is 152 g/mol. The number of rotatable bonds is 2. The van der Waals surface area contributed by atoms with Crippen molar-refractivity contribution in [3.8, 4) is 0 Å². The van der Waals surface area contributed by atoms with Crippen molar-refractivity contribution in [2.24, 2.45) is 5.92 Å². The highest BCUT2D eigenvalue weighted by molar-refractivity contribution is 5.22. The predicted molar refractivity (Wildman–Crippen MR) is 47.0 cm³/mol. The molecule has 0 aromatic rings. The van der Waals surface area contributed by atoms with E-state index < -0.39 is 0 Å². The maximum atomic E-state index is 5.52. The number of allylic oxidation sites excluding steroid dienone is 3. The van der Waals surface area contributed by atoms with Gasteiger partial charge in [-0.3, -0.25) is 0 Å². The number of hydrogen-bond donors (Lipinski definition) is 2. The molecule has 0 aromatic heterocycles. The molecule has 1 fully saturated rings. The monoisotopic (exact) mass is 166 g/mol. The van der Waals surface area contributed by atoms with Gasteiger partial charge in [0, 0.05) is 18.2 Å². The summed E-state index contributed by atoms with van der Waals surface area (Å²) < 4.78 is 5.52. The van der Waals surface area contributed by atoms with Crippen LogP contribution >= 0.6 is 0 Å². The smallest absolute Gasteiger partial charge is 0.133 e. The lowest BCUT2D eigenvalue weighted by Gasteiger charge is -2.17. The van der Waals surface area contributed by atoms with Crippen LogP contribution in [0.15, 0.2) is 23.9 Å². The molecule has 3 heteroatoms. The number of hydrogen-bond acceptors (Lipinski definition) is 3. The van der Waals surface area contributed by atoms with Crippen molar-refractivity contribution in [2.45, 2.75) is 19.6 Å². The number of ether oxygens (including phenoxy) is 1. The zero-order chi connectivity index (χ0) is 8.39. The summed E-state index contributed by atoms with van der Waals surface area (Å²) in [6, 6.07) is 0. The van der Waals surface area contributed by atoms with E-state index in [1.165, 1.54) is 5.70 Å². The Morgan fingerprint density at radius 2 is 2.58 bits per heavy atom. The van der Waals surface area contributed by atoms with Crippen LogP contribution in [0, 0.1) is 5.92 Å². The Kier molecular flexibility index (Phi) is 2.15. The van der Waals surface area contributed by atoms with Gasteiger partial charge in [-0.15, -0.1) is 0 Å². The summed E-state index contributed by atoms with van der Waals surface area (Å²) in [4.78, 5) is 0. The lowest BCUT2D eigenvalue weighted by atomic mass is 9.97. The summed E-state index contributed by atoms with van der Waals surface area (Å²) in [5, 5.41) is 0. The van der Waals surface area contributed by atoms with Gasteiger partial charge in [-0.1, -0.05) is 12.2 Å². The summed E-state index contributed by atoms with van der Waals surface area (Å²) in [6.07, 6.45) is 7.56. The molecule has 0 radical (unpaired) electrons. The molecule has 2 atom stereocenters. The number of fused-ring (bicyclic) bond motifs is 1. The zero-order valence-corrected chi connectivity index (χ0v) is 7.21. The van der Waals surface area contributed by atoms with E-state index in [0.717, 1.165) is 13.0 Å². The normalized spacial score (nSPS) is 32.6. The Balaban J connectivity index is 2.05. The van der Waals surface area contributed by atoms with E-state index in [2.05, 4.69) is 29.1 Å². The van der Waals surface area contributed by atoms with Crippen LogP contribution in [0.1, 0.15) is 13.3 Å². The van der Waals surface area contributed by atoms with Crippen LogP contribution in [0.3, 0.4) is 0 Å². The van der Waals surface area contributed by atoms with E-state index in [4.69, 9.17) is 4.74 Å². The van der Waals surface area contributed by atoms with Gasteiger partial charge in [0.2, 0.25) is 0 Å². The van der Waals surface area contributed by atoms with E-state index in [1.807, 2.05) is 6.92 Å². The Labute approximate surface area is 72.5 Å². The molecule has 1 aliphatic heterocycles. The molecule has 2 unspecified atom stereocenters. The quantitative estimate of drug-likeness (QED) is 0.640. The minimum Gasteiger partial charge on any atom is -0.361 e. The molecule has 2 N–H and O–H groups in total. The maximum Gasteiger partial charge on any atom is 0.133 e. The topological polar surface area (TPSA) is 33.3 Å². The van der Waals surface area contributed by atoms with Crippen LogP contribution in [0.25, 0.3) is 0 Å². The molecule has 0 spiro atoms. The first-order chi connectivity index (χ1) is 5.92. The Bertz CT molecular complexity index is 223. The summed E-state index contributed by atoms with van der Waals surface area (Å²) in [7, 11) is 0. The average Bonchev–Trinajstić information content (AvgIpc) is 2.50. The second kappa shape index (κ2) is 3.29. The van der Waals surface area contributed by atoms with Gasteiger partial charge in [-0.25, -0.2) is 5.43 Å². The SMILES string of the molecule is CCOC1NNC2=CC=CCC21. The van der Waals surface area contributed by atoms with E-state index in [0.29, 0.717) is 5.92 Å². The Hall–Kier alpha value is -0.800. The lowest BCUT2D eigenvalue weighted by Crippen LogP contribution is -2.33. The summed E-state index contributed by atoms with van der Waals surface area (Å²) in [6.45, 7) is 2.77. The van der Waals surface area contributed by atoms with Gasteiger partial charge < -0.3 is 10.2 Å². The average molecular weight is 166 g/mol. The molecule has 0 aromatic carbocycles. The first kappa shape index (κ1) is 7.83. The van der Waals surface area contributed by atoms with E-state index in [1.54, 1.807) is 0 Å². The molecule has 0 amide bonds. The van der Waals surface area contributed by atoms with Crippen molar-refractivity contribution in [1.29, 1.82) is 0 Å². The lowest BCUT2D eigenvalue weighted by molar-refractivity contribution is 0.0228. The van der Waals surface area contributed by atoms with Gasteiger partial charge in [-0.2, -0.15) is 0 Å². The van der Waals surface area contributed by atoms with E-state index in [-0.39, 0.29) is 6.23 Å². The van der Waals surface area contributed by atoms with Gasteiger partial charge in [0.1, 0.15) is 6.23 Å². The zero-order valence-electron chi connectivity index (χ0n) is 7.21. The second-order valence-corrected chi connectivity index (χ2v) is 3.04. The summed E-state index contributed by atoms with van der Waals surface area (Å²) in [5.74, 6) is 0.481. The van der Waals surface area contributed by atoms with Crippen LogP contribution in [-0.2, 0) is 4.74 Å². The molecule has 2 rings (SSSR count). The largest absolute Gasteiger partial charge is 0.361 e. The van der Waals surface area contributed by atoms with Crippen molar-refractivity contribution in [1.82, 2.24) is 10.9 Å². The standard InChI is InChI=1S/C9H14N2O/c1-2-12-9-7-5-3-4-6-8(7)10-11-9/h3-4,6-7,9-11H,2,5H2,1H3. The second-order valence-electron chi connectivity index (χ2n) is 3.04. The molecule has 3 nitrogen and oxygen atoms in total. The van der Waals surface area contributed by atoms with Crippen molar-refractivity contribution < 1.29 is 4.74 Å². The molecule has 1 aliphatic carbocycles. The Morgan fingerprint density at radius 1 is 1.67 bits per heavy atom. The first-order valence-corrected chi connectivity index (χ1v) is 4.41. The van der Waals surface area contributed by atoms with Gasteiger partial charge in [0.25, 0.3) is 0 Å². The number of hydrazine groups is 1. The number of nitrogens with one attached hydrogen (secondary N) is 2. The minimum atomic E-state index is 0.145. The van der Waals surface area contributed by atoms with Crippen LogP contribution in [0.2, 0.25) is 0 Å². The van der Waals surface area contributed by atoms with Crippen LogP contribution in [0.4, 0.5) is 0 Å². The van der Waals surface area contributed by atoms with Crippen LogP contribution in [-0.4, -0.2) is 12.8 Å². The molecule has 1 heterocycles. The van der Waals surface area contributed by atoms with Crippen molar-refractivity contribution in [3.63, 3.8) is 0 Å². The fourth-order valence-corrected chi connectivity index (χ4v) is 1.66. The fraction of sp³-hybridized carbons (Fsp3) is 0.556. The van der Waals surface area contributed by atoms with E-state index >= 15 is 0 Å². The van der Waals surface area contributed by atoms with Gasteiger partial charge in [-0.05, 0) is 19.4 Å². The van der Waals surface area contributed by atoms with Crippen LogP contribution < -0.4 is 10.9 Å². The van der Waals surface area contributed by atoms with Crippen LogP contribution in [0.5, 0.6) is 0 Å². The third-order valence-corrected chi connectivity index (χ3v) is 2.27. The van der Waals surface area contributed by atoms with Crippen molar-refractivity contribution in [3.05, 3.63) is 23.9 Å². The van der Waals surface area contributed by atoms with Crippen molar-refractivity contribution in [2.75, 3.05) is 6.61 Å². The predicted octanol–water partition coefficient (Wildman–Crippen LogP) is 0.917. The summed E-state index contributed by atoms with van der Waals surface area (Å²) in [5.41, 5.74) is 7.49. The molecule has 2 aliphatic rings. The first-order valence-electron chi connectivity index (χ1n) is 4.41. The maximum absolute atomic E-state index is 5.52. The highest BCUT2D eigenvalue weighted by atomic mass is 16.5. The third kappa shape index (κ3) is 1.26. The molecular formula is C9H14N2O. The highest BCUT2D eigenvalue weighted by Crippen LogP contribution is 2.25. The molecule has 1 saturated heterocycles. The third-order valence-electron chi connectivity index (χ3n) is 2.27. The molecule has 0 bridgehead atoms. The van der Waals surface area contributed by atoms with Gasteiger partial charge in [0.15, 0.2) is 0 Å². The highest BCUT2D eigenvalue weighted by Gasteiger charge is 2.31. The molecule has 0 saturated carbocycles. The summed E-state index contributed by atoms with van der Waals surface area (Å²) >= 11 is 0. The molecule has 12 heavy (non-hydrogen) atoms.